The van der Waals surface area contributed by atoms with Gasteiger partial charge in [0.1, 0.15) is 11.4 Å². The van der Waals surface area contributed by atoms with Crippen LogP contribution in [-0.2, 0) is 29.7 Å². The number of aliphatic hydroxyl groups is 1. The van der Waals surface area contributed by atoms with Gasteiger partial charge in [-0.3, -0.25) is 18.7 Å². The zero-order valence-corrected chi connectivity index (χ0v) is 16.5. The Morgan fingerprint density at radius 2 is 2.00 bits per heavy atom. The quantitative estimate of drug-likeness (QED) is 0.431. The standard InChI is InChI=1S/C19H24N4O5/c1-12(2)10-23-17-16(18(26)22(4)19(23)27)20-14(15(11-24)21-17)8-6-5-7-9-28-13(3)25/h12,24H,5,7,9-11H2,1-4H3. The van der Waals surface area contributed by atoms with Crippen LogP contribution in [0.4, 0.5) is 0 Å². The fourth-order valence-electron chi connectivity index (χ4n) is 2.57. The summed E-state index contributed by atoms with van der Waals surface area (Å²) >= 11 is 0. The van der Waals surface area contributed by atoms with E-state index >= 15 is 0 Å². The van der Waals surface area contributed by atoms with Crippen molar-refractivity contribution in [3.8, 4) is 11.8 Å². The molecule has 0 unspecified atom stereocenters. The van der Waals surface area contributed by atoms with Crippen molar-refractivity contribution in [2.45, 2.75) is 46.8 Å². The molecule has 9 heteroatoms. The van der Waals surface area contributed by atoms with Gasteiger partial charge in [-0.1, -0.05) is 19.8 Å². The Kier molecular flexibility index (Phi) is 7.06. The van der Waals surface area contributed by atoms with Gasteiger partial charge in [-0.05, 0) is 18.3 Å². The van der Waals surface area contributed by atoms with E-state index in [4.69, 9.17) is 4.74 Å². The first-order valence-corrected chi connectivity index (χ1v) is 8.99. The summed E-state index contributed by atoms with van der Waals surface area (Å²) in [5, 5.41) is 9.65. The number of ether oxygens (including phenoxy) is 1. The van der Waals surface area contributed by atoms with Gasteiger partial charge in [-0.2, -0.15) is 0 Å². The number of hydrogen-bond acceptors (Lipinski definition) is 7. The second kappa shape index (κ2) is 9.28. The molecule has 2 aromatic heterocycles. The molecular weight excluding hydrogens is 364 g/mol. The molecule has 0 aliphatic carbocycles. The second-order valence-electron chi connectivity index (χ2n) is 6.75. The molecule has 1 N–H and O–H groups in total. The van der Waals surface area contributed by atoms with E-state index in [0.29, 0.717) is 19.4 Å². The van der Waals surface area contributed by atoms with Gasteiger partial charge < -0.3 is 9.84 Å². The predicted octanol–water partition coefficient (Wildman–Crippen LogP) is 0.333. The van der Waals surface area contributed by atoms with Crippen molar-refractivity contribution in [2.24, 2.45) is 13.0 Å². The lowest BCUT2D eigenvalue weighted by molar-refractivity contribution is -0.141. The highest BCUT2D eigenvalue weighted by molar-refractivity contribution is 5.70. The first kappa shape index (κ1) is 21.3. The third-order valence-electron chi connectivity index (χ3n) is 3.89. The van der Waals surface area contributed by atoms with Gasteiger partial charge in [0.15, 0.2) is 11.2 Å². The van der Waals surface area contributed by atoms with E-state index < -0.39 is 17.9 Å². The largest absolute Gasteiger partial charge is 0.466 e. The van der Waals surface area contributed by atoms with Crippen LogP contribution in [0.2, 0.25) is 0 Å². The van der Waals surface area contributed by atoms with Crippen LogP contribution in [0, 0.1) is 17.8 Å². The Hall–Kier alpha value is -2.99. The van der Waals surface area contributed by atoms with E-state index in [1.165, 1.54) is 18.5 Å². The number of carbonyl (C=O) groups excluding carboxylic acids is 1. The summed E-state index contributed by atoms with van der Waals surface area (Å²) in [4.78, 5) is 44.3. The smallest absolute Gasteiger partial charge is 0.332 e. The summed E-state index contributed by atoms with van der Waals surface area (Å²) in [5.41, 5.74) is -0.474. The third kappa shape index (κ3) is 4.84. The summed E-state index contributed by atoms with van der Waals surface area (Å²) in [6.07, 6.45) is 1.00. The Labute approximate surface area is 162 Å². The molecule has 2 aromatic rings. The van der Waals surface area contributed by atoms with Crippen molar-refractivity contribution in [1.82, 2.24) is 19.1 Å². The average molecular weight is 388 g/mol. The lowest BCUT2D eigenvalue weighted by Crippen LogP contribution is -2.40. The van der Waals surface area contributed by atoms with Gasteiger partial charge in [0, 0.05) is 26.9 Å². The minimum Gasteiger partial charge on any atom is -0.466 e. The highest BCUT2D eigenvalue weighted by Crippen LogP contribution is 2.10. The van der Waals surface area contributed by atoms with E-state index in [-0.39, 0.29) is 41.0 Å². The van der Waals surface area contributed by atoms with Gasteiger partial charge in [-0.15, -0.1) is 0 Å². The maximum absolute atomic E-state index is 12.5. The van der Waals surface area contributed by atoms with Gasteiger partial charge in [-0.25, -0.2) is 14.8 Å². The first-order valence-electron chi connectivity index (χ1n) is 8.99. The molecule has 28 heavy (non-hydrogen) atoms. The van der Waals surface area contributed by atoms with Crippen LogP contribution in [0.3, 0.4) is 0 Å². The molecule has 0 saturated heterocycles. The number of rotatable bonds is 6. The molecule has 0 aliphatic rings. The molecule has 0 radical (unpaired) electrons. The maximum Gasteiger partial charge on any atom is 0.332 e. The Morgan fingerprint density at radius 1 is 1.29 bits per heavy atom. The normalized spacial score (nSPS) is 10.8. The monoisotopic (exact) mass is 388 g/mol. The third-order valence-corrected chi connectivity index (χ3v) is 3.89. The van der Waals surface area contributed by atoms with Crippen LogP contribution in [0.15, 0.2) is 9.59 Å². The number of esters is 1. The molecule has 0 saturated carbocycles. The van der Waals surface area contributed by atoms with Gasteiger partial charge in [0.2, 0.25) is 0 Å². The van der Waals surface area contributed by atoms with Crippen LogP contribution in [0.25, 0.3) is 11.2 Å². The Morgan fingerprint density at radius 3 is 2.61 bits per heavy atom. The first-order chi connectivity index (χ1) is 13.3. The number of fused-ring (bicyclic) bond motifs is 1. The van der Waals surface area contributed by atoms with Crippen molar-refractivity contribution in [3.05, 3.63) is 32.2 Å². The van der Waals surface area contributed by atoms with Crippen LogP contribution in [-0.4, -0.2) is 36.8 Å². The van der Waals surface area contributed by atoms with Crippen LogP contribution >= 0.6 is 0 Å². The molecule has 0 aliphatic heterocycles. The van der Waals surface area contributed by atoms with Gasteiger partial charge in [0.25, 0.3) is 5.56 Å². The van der Waals surface area contributed by atoms with E-state index in [9.17, 15) is 19.5 Å². The molecule has 0 fully saturated rings. The Balaban J connectivity index is 2.49. The Bertz CT molecular complexity index is 1060. The maximum atomic E-state index is 12.5. The summed E-state index contributed by atoms with van der Waals surface area (Å²) in [6, 6.07) is 0. The number of hydrogen-bond donors (Lipinski definition) is 1. The highest BCUT2D eigenvalue weighted by Gasteiger charge is 2.17. The number of aliphatic hydroxyl groups excluding tert-OH is 1. The zero-order chi connectivity index (χ0) is 20.8. The molecule has 2 heterocycles. The summed E-state index contributed by atoms with van der Waals surface area (Å²) in [6.45, 7) is 5.43. The molecular formula is C19H24N4O5. The molecule has 2 rings (SSSR count). The second-order valence-corrected chi connectivity index (χ2v) is 6.75. The minimum absolute atomic E-state index is 0.0316. The molecule has 9 nitrogen and oxygen atoms in total. The zero-order valence-electron chi connectivity index (χ0n) is 16.5. The summed E-state index contributed by atoms with van der Waals surface area (Å²) in [7, 11) is 1.39. The van der Waals surface area contributed by atoms with Crippen molar-refractivity contribution >= 4 is 17.1 Å². The molecule has 0 amide bonds. The number of aromatic nitrogens is 4. The van der Waals surface area contributed by atoms with Gasteiger partial charge in [0.05, 0.1) is 13.2 Å². The SMILES string of the molecule is CC(=O)OCCCC#Cc1nc2c(=O)n(C)c(=O)n(CC(C)C)c2nc1CO. The molecule has 0 bridgehead atoms. The average Bonchev–Trinajstić information content (AvgIpc) is 2.65. The number of unbranched alkanes of at least 4 members (excludes halogenated alkanes) is 1. The van der Waals surface area contributed by atoms with Crippen LogP contribution in [0.5, 0.6) is 0 Å². The highest BCUT2D eigenvalue weighted by atomic mass is 16.5. The molecule has 0 atom stereocenters. The topological polar surface area (TPSA) is 116 Å². The summed E-state index contributed by atoms with van der Waals surface area (Å²) in [5.74, 6) is 5.48. The fraction of sp³-hybridized carbons (Fsp3) is 0.526. The van der Waals surface area contributed by atoms with E-state index in [0.717, 1.165) is 4.57 Å². The predicted molar refractivity (Wildman–Crippen MR) is 103 cm³/mol. The number of nitrogens with zero attached hydrogens (tertiary/aromatic N) is 4. The lowest BCUT2D eigenvalue weighted by Gasteiger charge is -2.13. The minimum atomic E-state index is -0.560. The molecule has 150 valence electrons. The molecule has 0 aromatic carbocycles. The lowest BCUT2D eigenvalue weighted by atomic mass is 10.2. The van der Waals surface area contributed by atoms with Crippen molar-refractivity contribution in [3.63, 3.8) is 0 Å². The van der Waals surface area contributed by atoms with Crippen molar-refractivity contribution < 1.29 is 14.6 Å². The molecule has 0 spiro atoms. The van der Waals surface area contributed by atoms with Gasteiger partial charge >= 0.3 is 11.7 Å². The number of carbonyl (C=O) groups is 1. The van der Waals surface area contributed by atoms with E-state index in [2.05, 4.69) is 21.8 Å². The van der Waals surface area contributed by atoms with E-state index in [1.54, 1.807) is 0 Å². The van der Waals surface area contributed by atoms with Crippen molar-refractivity contribution in [2.75, 3.05) is 6.61 Å². The van der Waals surface area contributed by atoms with Crippen LogP contribution < -0.4 is 11.2 Å². The fourth-order valence-corrected chi connectivity index (χ4v) is 2.57. The van der Waals surface area contributed by atoms with Crippen molar-refractivity contribution in [1.29, 1.82) is 0 Å². The summed E-state index contributed by atoms with van der Waals surface area (Å²) < 4.78 is 7.22. The van der Waals surface area contributed by atoms with Crippen LogP contribution in [0.1, 0.15) is 45.0 Å². The van der Waals surface area contributed by atoms with E-state index in [1.807, 2.05) is 13.8 Å².